The first-order chi connectivity index (χ1) is 9.40. The van der Waals surface area contributed by atoms with Gasteiger partial charge in [0.15, 0.2) is 0 Å². The average molecular weight is 282 g/mol. The molecule has 7 nitrogen and oxygen atoms in total. The van der Waals surface area contributed by atoms with Crippen molar-refractivity contribution in [2.45, 2.75) is 19.4 Å². The van der Waals surface area contributed by atoms with Crippen LogP contribution in [0.25, 0.3) is 0 Å². The smallest absolute Gasteiger partial charge is 0.329 e. The van der Waals surface area contributed by atoms with Crippen molar-refractivity contribution in [1.29, 1.82) is 0 Å². The van der Waals surface area contributed by atoms with Crippen LogP contribution in [0.2, 0.25) is 0 Å². The summed E-state index contributed by atoms with van der Waals surface area (Å²) in [7, 11) is 0. The van der Waals surface area contributed by atoms with E-state index in [2.05, 4.69) is 11.9 Å². The zero-order valence-electron chi connectivity index (χ0n) is 11.3. The summed E-state index contributed by atoms with van der Waals surface area (Å²) in [5, 5.41) is 11.2. The summed E-state index contributed by atoms with van der Waals surface area (Å²) < 4.78 is 5.23. The molecule has 0 aromatic heterocycles. The maximum Gasteiger partial charge on any atom is 0.329 e. The van der Waals surface area contributed by atoms with Gasteiger partial charge in [0.1, 0.15) is 6.61 Å². The zero-order valence-corrected chi connectivity index (χ0v) is 11.3. The molecule has 7 heteroatoms. The monoisotopic (exact) mass is 282 g/mol. The number of hydrogen-bond donors (Lipinski definition) is 2. The molecule has 1 unspecified atom stereocenters. The van der Waals surface area contributed by atoms with Crippen molar-refractivity contribution in [2.75, 3.05) is 19.7 Å². The van der Waals surface area contributed by atoms with Crippen LogP contribution < -0.4 is 5.32 Å². The van der Waals surface area contributed by atoms with Gasteiger partial charge in [0.25, 0.3) is 5.91 Å². The molecule has 0 aromatic carbocycles. The number of amides is 2. The van der Waals surface area contributed by atoms with Gasteiger partial charge in [-0.3, -0.25) is 9.59 Å². The van der Waals surface area contributed by atoms with Gasteiger partial charge in [-0.2, -0.15) is 0 Å². The highest BCUT2D eigenvalue weighted by Gasteiger charge is 2.23. The second kappa shape index (κ2) is 7.44. The van der Waals surface area contributed by atoms with Crippen LogP contribution in [0.4, 0.5) is 0 Å². The number of ether oxygens (including phenoxy) is 1. The molecule has 0 saturated heterocycles. The van der Waals surface area contributed by atoms with Gasteiger partial charge < -0.3 is 20.1 Å². The Hall–Kier alpha value is -2.15. The zero-order chi connectivity index (χ0) is 15.1. The molecule has 1 atom stereocenters. The molecule has 2 N–H and O–H groups in total. The Morgan fingerprint density at radius 1 is 1.50 bits per heavy atom. The Balaban J connectivity index is 2.52. The standard InChI is InChI=1S/C13H18N2O5/c1-9-3-4-12(17)15(9)7-11(20-8-13(18)19)5-6-14-10(2)16/h3-4,11H,1,5-8H2,2H3,(H,14,16)(H,18,19). The van der Waals surface area contributed by atoms with Crippen LogP contribution in [0.5, 0.6) is 0 Å². The van der Waals surface area contributed by atoms with Crippen molar-refractivity contribution in [3.05, 3.63) is 24.4 Å². The fourth-order valence-corrected chi connectivity index (χ4v) is 1.73. The van der Waals surface area contributed by atoms with Crippen LogP contribution in [-0.4, -0.2) is 53.6 Å². The highest BCUT2D eigenvalue weighted by atomic mass is 16.5. The second-order valence-corrected chi connectivity index (χ2v) is 4.37. The van der Waals surface area contributed by atoms with E-state index in [0.717, 1.165) is 0 Å². The van der Waals surface area contributed by atoms with E-state index in [1.54, 1.807) is 6.08 Å². The number of carbonyl (C=O) groups is 3. The van der Waals surface area contributed by atoms with Crippen LogP contribution in [0.3, 0.4) is 0 Å². The van der Waals surface area contributed by atoms with Gasteiger partial charge in [0, 0.05) is 25.2 Å². The molecule has 0 radical (unpaired) electrons. The fourth-order valence-electron chi connectivity index (χ4n) is 1.73. The van der Waals surface area contributed by atoms with E-state index >= 15 is 0 Å². The molecule has 2 amide bonds. The van der Waals surface area contributed by atoms with Crippen molar-refractivity contribution in [3.8, 4) is 0 Å². The van der Waals surface area contributed by atoms with Gasteiger partial charge in [0.2, 0.25) is 5.91 Å². The van der Waals surface area contributed by atoms with Crippen molar-refractivity contribution in [3.63, 3.8) is 0 Å². The van der Waals surface area contributed by atoms with Crippen LogP contribution in [0, 0.1) is 0 Å². The van der Waals surface area contributed by atoms with Gasteiger partial charge in [0.05, 0.1) is 12.6 Å². The molecular formula is C13H18N2O5. The Kier molecular flexibility index (Phi) is 5.92. The normalized spacial score (nSPS) is 15.6. The number of rotatable bonds is 8. The lowest BCUT2D eigenvalue weighted by Crippen LogP contribution is -2.37. The number of carboxylic acid groups (broad SMARTS) is 1. The second-order valence-electron chi connectivity index (χ2n) is 4.37. The van der Waals surface area contributed by atoms with Crippen molar-refractivity contribution < 1.29 is 24.2 Å². The third-order valence-electron chi connectivity index (χ3n) is 2.70. The molecule has 110 valence electrons. The van der Waals surface area contributed by atoms with Crippen molar-refractivity contribution in [2.24, 2.45) is 0 Å². The molecule has 0 aromatic rings. The van der Waals surface area contributed by atoms with Crippen LogP contribution in [0.15, 0.2) is 24.4 Å². The molecule has 0 bridgehead atoms. The Morgan fingerprint density at radius 2 is 2.20 bits per heavy atom. The first kappa shape index (κ1) is 15.9. The van der Waals surface area contributed by atoms with E-state index in [1.165, 1.54) is 17.9 Å². The van der Waals surface area contributed by atoms with Gasteiger partial charge in [-0.25, -0.2) is 4.79 Å². The lowest BCUT2D eigenvalue weighted by atomic mass is 10.2. The third kappa shape index (κ3) is 5.23. The Morgan fingerprint density at radius 3 is 2.70 bits per heavy atom. The van der Waals surface area contributed by atoms with Crippen molar-refractivity contribution in [1.82, 2.24) is 10.2 Å². The molecule has 0 fully saturated rings. The highest BCUT2D eigenvalue weighted by Crippen LogP contribution is 2.15. The predicted molar refractivity (Wildman–Crippen MR) is 70.7 cm³/mol. The molecule has 0 aliphatic carbocycles. The molecule has 0 saturated carbocycles. The first-order valence-corrected chi connectivity index (χ1v) is 6.16. The van der Waals surface area contributed by atoms with Gasteiger partial charge in [-0.15, -0.1) is 0 Å². The summed E-state index contributed by atoms with van der Waals surface area (Å²) in [5.74, 6) is -1.47. The minimum atomic E-state index is -1.08. The minimum absolute atomic E-state index is 0.176. The van der Waals surface area contributed by atoms with Crippen LogP contribution in [0.1, 0.15) is 13.3 Å². The number of nitrogens with zero attached hydrogens (tertiary/aromatic N) is 1. The highest BCUT2D eigenvalue weighted by molar-refractivity contribution is 5.93. The molecule has 0 spiro atoms. The maximum absolute atomic E-state index is 11.6. The largest absolute Gasteiger partial charge is 0.480 e. The summed E-state index contributed by atoms with van der Waals surface area (Å²) in [6.45, 7) is 5.21. The number of carboxylic acids is 1. The summed E-state index contributed by atoms with van der Waals surface area (Å²) in [6.07, 6.45) is 2.90. The molecular weight excluding hydrogens is 264 g/mol. The number of aliphatic carboxylic acids is 1. The van der Waals surface area contributed by atoms with E-state index in [-0.39, 0.29) is 18.4 Å². The lowest BCUT2D eigenvalue weighted by molar-refractivity contribution is -0.145. The molecule has 1 aliphatic rings. The minimum Gasteiger partial charge on any atom is -0.480 e. The molecule has 1 rings (SSSR count). The summed E-state index contributed by atoms with van der Waals surface area (Å²) >= 11 is 0. The summed E-state index contributed by atoms with van der Waals surface area (Å²) in [5.41, 5.74) is 0.540. The maximum atomic E-state index is 11.6. The average Bonchev–Trinajstić information content (AvgIpc) is 2.66. The summed E-state index contributed by atoms with van der Waals surface area (Å²) in [6, 6.07) is 0. The van der Waals surface area contributed by atoms with E-state index in [9.17, 15) is 14.4 Å². The van der Waals surface area contributed by atoms with Crippen molar-refractivity contribution >= 4 is 17.8 Å². The fraction of sp³-hybridized carbons (Fsp3) is 0.462. The molecule has 1 heterocycles. The SMILES string of the molecule is C=C1C=CC(=O)N1CC(CCNC(C)=O)OCC(=O)O. The number of carbonyl (C=O) groups excluding carboxylic acids is 2. The molecule has 1 aliphatic heterocycles. The van der Waals surface area contributed by atoms with Crippen LogP contribution >= 0.6 is 0 Å². The number of allylic oxidation sites excluding steroid dienone is 1. The predicted octanol–water partition coefficient (Wildman–Crippen LogP) is -0.105. The van der Waals surface area contributed by atoms with E-state index < -0.39 is 18.7 Å². The van der Waals surface area contributed by atoms with E-state index in [0.29, 0.717) is 18.7 Å². The quantitative estimate of drug-likeness (QED) is 0.648. The first-order valence-electron chi connectivity index (χ1n) is 6.16. The Labute approximate surface area is 116 Å². The van der Waals surface area contributed by atoms with E-state index in [4.69, 9.17) is 9.84 Å². The number of hydrogen-bond acceptors (Lipinski definition) is 4. The Bertz CT molecular complexity index is 426. The lowest BCUT2D eigenvalue weighted by Gasteiger charge is -2.24. The van der Waals surface area contributed by atoms with E-state index in [1.807, 2.05) is 0 Å². The van der Waals surface area contributed by atoms with Crippen LogP contribution in [-0.2, 0) is 19.1 Å². The molecule has 20 heavy (non-hydrogen) atoms. The summed E-state index contributed by atoms with van der Waals surface area (Å²) in [4.78, 5) is 34.3. The third-order valence-corrected chi connectivity index (χ3v) is 2.70. The van der Waals surface area contributed by atoms with Gasteiger partial charge in [-0.05, 0) is 12.5 Å². The topological polar surface area (TPSA) is 95.9 Å². The van der Waals surface area contributed by atoms with Gasteiger partial charge >= 0.3 is 5.97 Å². The number of nitrogens with one attached hydrogen (secondary N) is 1. The van der Waals surface area contributed by atoms with Gasteiger partial charge in [-0.1, -0.05) is 6.58 Å².